The van der Waals surface area contributed by atoms with Crippen LogP contribution in [0.4, 0.5) is 0 Å². The van der Waals surface area contributed by atoms with E-state index in [2.05, 4.69) is 28.0 Å². The molecule has 0 atom stereocenters. The van der Waals surface area contributed by atoms with Gasteiger partial charge in [-0.15, -0.1) is 0 Å². The van der Waals surface area contributed by atoms with Gasteiger partial charge in [0.2, 0.25) is 0 Å². The molecule has 0 radical (unpaired) electrons. The average Bonchev–Trinajstić information content (AvgIpc) is 2.65. The molecule has 1 aliphatic heterocycles. The van der Waals surface area contributed by atoms with Crippen LogP contribution in [0.2, 0.25) is 5.02 Å². The van der Waals surface area contributed by atoms with E-state index in [4.69, 9.17) is 21.1 Å². The normalized spacial score (nSPS) is 16.0. The number of rotatable bonds is 6. The van der Waals surface area contributed by atoms with Gasteiger partial charge in [-0.2, -0.15) is 0 Å². The maximum absolute atomic E-state index is 5.96. The monoisotopic (exact) mass is 360 g/mol. The highest BCUT2D eigenvalue weighted by Crippen LogP contribution is 2.26. The molecule has 0 N–H and O–H groups in total. The quantitative estimate of drug-likeness (QED) is 0.784. The van der Waals surface area contributed by atoms with Crippen molar-refractivity contribution in [2.24, 2.45) is 0 Å². The topological polar surface area (TPSA) is 24.9 Å². The first kappa shape index (κ1) is 18.1. The molecule has 2 aromatic rings. The van der Waals surface area contributed by atoms with Crippen molar-refractivity contribution in [2.45, 2.75) is 13.1 Å². The minimum Gasteiger partial charge on any atom is -0.497 e. The van der Waals surface area contributed by atoms with Crippen LogP contribution in [0, 0.1) is 0 Å². The Morgan fingerprint density at radius 1 is 0.840 bits per heavy atom. The van der Waals surface area contributed by atoms with Gasteiger partial charge in [-0.25, -0.2) is 0 Å². The third-order valence-corrected chi connectivity index (χ3v) is 4.92. The van der Waals surface area contributed by atoms with Crippen molar-refractivity contribution in [3.63, 3.8) is 0 Å². The van der Waals surface area contributed by atoms with Crippen molar-refractivity contribution in [1.29, 1.82) is 0 Å². The van der Waals surface area contributed by atoms with Gasteiger partial charge >= 0.3 is 0 Å². The Labute approximate surface area is 154 Å². The van der Waals surface area contributed by atoms with E-state index in [1.807, 2.05) is 24.3 Å². The molecule has 1 fully saturated rings. The second-order valence-corrected chi connectivity index (χ2v) is 6.79. The zero-order valence-corrected chi connectivity index (χ0v) is 15.6. The molecule has 0 saturated carbocycles. The summed E-state index contributed by atoms with van der Waals surface area (Å²) in [5, 5.41) is 0.794. The fourth-order valence-electron chi connectivity index (χ4n) is 3.18. The Bertz CT molecular complexity index is 683. The van der Waals surface area contributed by atoms with Gasteiger partial charge in [-0.05, 0) is 23.8 Å². The van der Waals surface area contributed by atoms with Crippen LogP contribution in [0.15, 0.2) is 42.5 Å². The smallest absolute Gasteiger partial charge is 0.127 e. The van der Waals surface area contributed by atoms with Crippen molar-refractivity contribution >= 4 is 11.6 Å². The fraction of sp³-hybridized carbons (Fsp3) is 0.400. The summed E-state index contributed by atoms with van der Waals surface area (Å²) in [6.45, 7) is 6.15. The van der Waals surface area contributed by atoms with Crippen molar-refractivity contribution in [3.05, 3.63) is 58.6 Å². The van der Waals surface area contributed by atoms with Gasteiger partial charge in [0.1, 0.15) is 11.5 Å². The van der Waals surface area contributed by atoms with E-state index < -0.39 is 0 Å². The third-order valence-electron chi connectivity index (χ3n) is 4.67. The maximum atomic E-state index is 5.96. The van der Waals surface area contributed by atoms with Gasteiger partial charge in [-0.1, -0.05) is 29.8 Å². The number of hydrogen-bond acceptors (Lipinski definition) is 4. The zero-order chi connectivity index (χ0) is 17.6. The zero-order valence-electron chi connectivity index (χ0n) is 14.9. The number of nitrogens with zero attached hydrogens (tertiary/aromatic N) is 2. The van der Waals surface area contributed by atoms with Gasteiger partial charge in [-0.3, -0.25) is 9.80 Å². The van der Waals surface area contributed by atoms with Gasteiger partial charge in [0, 0.05) is 55.9 Å². The molecular formula is C20H25ClN2O2. The van der Waals surface area contributed by atoms with E-state index in [1.54, 1.807) is 14.2 Å². The first-order valence-corrected chi connectivity index (χ1v) is 8.96. The minimum absolute atomic E-state index is 0.794. The first-order valence-electron chi connectivity index (χ1n) is 8.58. The number of methoxy groups -OCH3 is 2. The first-order chi connectivity index (χ1) is 12.2. The Kier molecular flexibility index (Phi) is 6.19. The van der Waals surface area contributed by atoms with E-state index in [9.17, 15) is 0 Å². The van der Waals surface area contributed by atoms with Crippen molar-refractivity contribution in [2.75, 3.05) is 40.4 Å². The van der Waals surface area contributed by atoms with Crippen LogP contribution in [0.5, 0.6) is 11.5 Å². The van der Waals surface area contributed by atoms with Gasteiger partial charge in [0.15, 0.2) is 0 Å². The van der Waals surface area contributed by atoms with Crippen LogP contribution in [0.3, 0.4) is 0 Å². The second kappa shape index (κ2) is 8.56. The number of hydrogen-bond donors (Lipinski definition) is 0. The highest BCUT2D eigenvalue weighted by Gasteiger charge is 2.18. The van der Waals surface area contributed by atoms with Crippen molar-refractivity contribution < 1.29 is 9.47 Å². The molecule has 25 heavy (non-hydrogen) atoms. The van der Waals surface area contributed by atoms with E-state index in [0.29, 0.717) is 0 Å². The van der Waals surface area contributed by atoms with E-state index in [1.165, 1.54) is 11.1 Å². The fourth-order valence-corrected chi connectivity index (χ4v) is 3.30. The predicted octanol–water partition coefficient (Wildman–Crippen LogP) is 3.68. The van der Waals surface area contributed by atoms with Crippen LogP contribution in [0.25, 0.3) is 0 Å². The molecule has 0 spiro atoms. The van der Waals surface area contributed by atoms with Gasteiger partial charge in [0.05, 0.1) is 14.2 Å². The molecule has 2 aromatic carbocycles. The molecule has 0 bridgehead atoms. The summed E-state index contributed by atoms with van der Waals surface area (Å²) in [6, 6.07) is 14.2. The molecule has 134 valence electrons. The molecular weight excluding hydrogens is 336 g/mol. The van der Waals surface area contributed by atoms with Crippen LogP contribution >= 0.6 is 11.6 Å². The van der Waals surface area contributed by atoms with E-state index >= 15 is 0 Å². The van der Waals surface area contributed by atoms with E-state index in [0.717, 1.165) is 55.8 Å². The molecule has 3 rings (SSSR count). The number of ether oxygens (including phenoxy) is 2. The summed E-state index contributed by atoms with van der Waals surface area (Å²) in [5.74, 6) is 1.72. The Morgan fingerprint density at radius 3 is 2.08 bits per heavy atom. The molecule has 1 heterocycles. The average molecular weight is 361 g/mol. The highest BCUT2D eigenvalue weighted by atomic mass is 35.5. The van der Waals surface area contributed by atoms with E-state index in [-0.39, 0.29) is 0 Å². The molecule has 0 unspecified atom stereocenters. The van der Waals surface area contributed by atoms with Crippen LogP contribution in [0.1, 0.15) is 11.1 Å². The third kappa shape index (κ3) is 4.88. The minimum atomic E-state index is 0.794. The molecule has 1 aliphatic rings. The number of piperazine rings is 1. The van der Waals surface area contributed by atoms with Crippen LogP contribution in [-0.2, 0) is 13.1 Å². The maximum Gasteiger partial charge on any atom is 0.127 e. The predicted molar refractivity (Wildman–Crippen MR) is 102 cm³/mol. The molecule has 0 amide bonds. The summed E-state index contributed by atoms with van der Waals surface area (Å²) in [5.41, 5.74) is 2.52. The standard InChI is InChI=1S/C20H25ClN2O2/c1-24-19-8-5-17(20(13-19)25-2)15-23-11-9-22(10-12-23)14-16-3-6-18(21)7-4-16/h3-8,13H,9-12,14-15H2,1-2H3. The lowest BCUT2D eigenvalue weighted by Crippen LogP contribution is -2.45. The van der Waals surface area contributed by atoms with Crippen LogP contribution in [-0.4, -0.2) is 50.2 Å². The Morgan fingerprint density at radius 2 is 1.48 bits per heavy atom. The molecule has 5 heteroatoms. The summed E-state index contributed by atoms with van der Waals surface area (Å²) < 4.78 is 10.8. The SMILES string of the molecule is COc1ccc(CN2CCN(Cc3ccc(Cl)cc3)CC2)c(OC)c1. The lowest BCUT2D eigenvalue weighted by Gasteiger charge is -2.35. The molecule has 1 saturated heterocycles. The Balaban J connectivity index is 1.53. The van der Waals surface area contributed by atoms with Crippen LogP contribution < -0.4 is 9.47 Å². The number of halogens is 1. The summed E-state index contributed by atoms with van der Waals surface area (Å²) >= 11 is 5.96. The van der Waals surface area contributed by atoms with Gasteiger partial charge in [0.25, 0.3) is 0 Å². The van der Waals surface area contributed by atoms with Crippen molar-refractivity contribution in [3.8, 4) is 11.5 Å². The summed E-state index contributed by atoms with van der Waals surface area (Å²) in [7, 11) is 3.39. The van der Waals surface area contributed by atoms with Crippen molar-refractivity contribution in [1.82, 2.24) is 9.80 Å². The molecule has 0 aliphatic carbocycles. The molecule has 0 aromatic heterocycles. The Hall–Kier alpha value is -1.75. The lowest BCUT2D eigenvalue weighted by molar-refractivity contribution is 0.121. The number of benzene rings is 2. The largest absolute Gasteiger partial charge is 0.497 e. The summed E-state index contributed by atoms with van der Waals surface area (Å²) in [4.78, 5) is 4.97. The highest BCUT2D eigenvalue weighted by molar-refractivity contribution is 6.30. The second-order valence-electron chi connectivity index (χ2n) is 6.36. The van der Waals surface area contributed by atoms with Gasteiger partial charge < -0.3 is 9.47 Å². The summed E-state index contributed by atoms with van der Waals surface area (Å²) in [6.07, 6.45) is 0. The lowest BCUT2D eigenvalue weighted by atomic mass is 10.1. The molecule has 4 nitrogen and oxygen atoms in total.